The number of carbonyl (C=O) groups is 2. The van der Waals surface area contributed by atoms with Crippen molar-refractivity contribution >= 4 is 11.8 Å². The molecule has 0 saturated carbocycles. The Bertz CT molecular complexity index is 889. The fraction of sp³-hybridized carbons (Fsp3) is 0.440. The number of rotatable bonds is 5. The maximum atomic E-state index is 12.6. The van der Waals surface area contributed by atoms with Gasteiger partial charge in [-0.05, 0) is 61.4 Å². The summed E-state index contributed by atoms with van der Waals surface area (Å²) in [6.07, 6.45) is 4.86. The molecule has 1 fully saturated rings. The second-order valence-corrected chi connectivity index (χ2v) is 8.46. The van der Waals surface area contributed by atoms with Crippen LogP contribution in [0.2, 0.25) is 0 Å². The highest BCUT2D eigenvalue weighted by Crippen LogP contribution is 2.24. The maximum absolute atomic E-state index is 12.6. The highest BCUT2D eigenvalue weighted by Gasteiger charge is 2.23. The molecular weight excluding hydrogens is 374 g/mol. The fourth-order valence-corrected chi connectivity index (χ4v) is 4.47. The lowest BCUT2D eigenvalue weighted by Gasteiger charge is -2.34. The molecule has 2 aliphatic rings. The van der Waals surface area contributed by atoms with E-state index in [1.54, 1.807) is 0 Å². The van der Waals surface area contributed by atoms with Crippen LogP contribution < -0.4 is 5.32 Å². The molecule has 1 heterocycles. The van der Waals surface area contributed by atoms with E-state index in [0.717, 1.165) is 25.1 Å². The largest absolute Gasteiger partial charge is 0.348 e. The topological polar surface area (TPSA) is 52.7 Å². The molecule has 5 heteroatoms. The van der Waals surface area contributed by atoms with Crippen LogP contribution in [0.4, 0.5) is 0 Å². The van der Waals surface area contributed by atoms with Gasteiger partial charge in [-0.15, -0.1) is 0 Å². The quantitative estimate of drug-likeness (QED) is 0.831. The number of nitrogens with zero attached hydrogens (tertiary/aromatic N) is 2. The average molecular weight is 406 g/mol. The molecule has 5 nitrogen and oxygen atoms in total. The summed E-state index contributed by atoms with van der Waals surface area (Å²) in [5.41, 5.74) is 4.82. The average Bonchev–Trinajstić information content (AvgIpc) is 2.79. The van der Waals surface area contributed by atoms with Crippen LogP contribution in [-0.2, 0) is 17.6 Å². The zero-order valence-electron chi connectivity index (χ0n) is 17.8. The van der Waals surface area contributed by atoms with E-state index in [1.165, 1.54) is 36.0 Å². The molecule has 2 aromatic carbocycles. The third kappa shape index (κ3) is 4.90. The Balaban J connectivity index is 1.25. The predicted octanol–water partition coefficient (Wildman–Crippen LogP) is 3.20. The zero-order valence-corrected chi connectivity index (χ0v) is 17.8. The first kappa shape index (κ1) is 20.6. The van der Waals surface area contributed by atoms with E-state index in [0.29, 0.717) is 19.6 Å². The number of benzene rings is 2. The van der Waals surface area contributed by atoms with Gasteiger partial charge in [-0.2, -0.15) is 0 Å². The second kappa shape index (κ2) is 9.43. The minimum absolute atomic E-state index is 0.00525. The first-order chi connectivity index (χ1) is 14.6. The van der Waals surface area contributed by atoms with Gasteiger partial charge in [-0.25, -0.2) is 0 Å². The van der Waals surface area contributed by atoms with Gasteiger partial charge in [0, 0.05) is 31.7 Å². The highest BCUT2D eigenvalue weighted by atomic mass is 16.2. The molecule has 1 N–H and O–H groups in total. The van der Waals surface area contributed by atoms with Crippen molar-refractivity contribution in [3.63, 3.8) is 0 Å². The molecule has 1 aliphatic carbocycles. The molecule has 2 aromatic rings. The second-order valence-electron chi connectivity index (χ2n) is 8.46. The molecule has 0 aromatic heterocycles. The summed E-state index contributed by atoms with van der Waals surface area (Å²) in [4.78, 5) is 29.2. The van der Waals surface area contributed by atoms with E-state index in [2.05, 4.69) is 35.3 Å². The third-order valence-corrected chi connectivity index (χ3v) is 6.30. The summed E-state index contributed by atoms with van der Waals surface area (Å²) in [7, 11) is 0. The number of fused-ring (bicyclic) bond motifs is 1. The Morgan fingerprint density at radius 3 is 2.37 bits per heavy atom. The van der Waals surface area contributed by atoms with Crippen molar-refractivity contribution in [1.82, 2.24) is 15.1 Å². The van der Waals surface area contributed by atoms with E-state index in [-0.39, 0.29) is 17.9 Å². The van der Waals surface area contributed by atoms with E-state index in [4.69, 9.17) is 0 Å². The molecule has 1 saturated heterocycles. The maximum Gasteiger partial charge on any atom is 0.253 e. The van der Waals surface area contributed by atoms with Gasteiger partial charge in [0.1, 0.15) is 0 Å². The highest BCUT2D eigenvalue weighted by molar-refractivity contribution is 5.94. The molecule has 2 amide bonds. The van der Waals surface area contributed by atoms with E-state index in [9.17, 15) is 9.59 Å². The van der Waals surface area contributed by atoms with Gasteiger partial charge in [-0.3, -0.25) is 14.5 Å². The number of aryl methyl sites for hydroxylation is 2. The molecule has 4 rings (SSSR count). The molecule has 1 aliphatic heterocycles. The van der Waals surface area contributed by atoms with Gasteiger partial charge in [0.2, 0.25) is 5.91 Å². The third-order valence-electron chi connectivity index (χ3n) is 6.30. The zero-order chi connectivity index (χ0) is 20.9. The molecular formula is C25H31N3O2. The summed E-state index contributed by atoms with van der Waals surface area (Å²) in [5.74, 6) is 0.115. The molecule has 0 spiro atoms. The lowest BCUT2D eigenvalue weighted by Crippen LogP contribution is -2.51. The molecule has 0 bridgehead atoms. The van der Waals surface area contributed by atoms with Crippen LogP contribution in [0.5, 0.6) is 0 Å². The van der Waals surface area contributed by atoms with Crippen LogP contribution in [0.3, 0.4) is 0 Å². The van der Waals surface area contributed by atoms with Gasteiger partial charge in [0.05, 0.1) is 12.6 Å². The summed E-state index contributed by atoms with van der Waals surface area (Å²) in [6, 6.07) is 16.1. The van der Waals surface area contributed by atoms with Crippen molar-refractivity contribution in [2.24, 2.45) is 0 Å². The van der Waals surface area contributed by atoms with Gasteiger partial charge >= 0.3 is 0 Å². The number of nitrogens with one attached hydrogen (secondary N) is 1. The van der Waals surface area contributed by atoms with Gasteiger partial charge < -0.3 is 10.2 Å². The minimum Gasteiger partial charge on any atom is -0.348 e. The number of amides is 2. The van der Waals surface area contributed by atoms with Crippen molar-refractivity contribution in [3.05, 3.63) is 70.8 Å². The molecule has 0 unspecified atom stereocenters. The first-order valence-corrected chi connectivity index (χ1v) is 11.1. The van der Waals surface area contributed by atoms with Gasteiger partial charge in [-0.1, -0.05) is 36.4 Å². The van der Waals surface area contributed by atoms with E-state index >= 15 is 0 Å². The van der Waals surface area contributed by atoms with Crippen LogP contribution in [0.25, 0.3) is 0 Å². The summed E-state index contributed by atoms with van der Waals surface area (Å²) >= 11 is 0. The number of piperazine rings is 1. The van der Waals surface area contributed by atoms with Crippen LogP contribution in [0.15, 0.2) is 48.5 Å². The number of hydrogen-bond donors (Lipinski definition) is 1. The van der Waals surface area contributed by atoms with Crippen molar-refractivity contribution in [1.29, 1.82) is 0 Å². The Labute approximate surface area is 179 Å². The lowest BCUT2D eigenvalue weighted by molar-refractivity contribution is -0.123. The molecule has 1 atom stereocenters. The van der Waals surface area contributed by atoms with E-state index in [1.807, 2.05) is 35.2 Å². The molecule has 30 heavy (non-hydrogen) atoms. The van der Waals surface area contributed by atoms with Crippen molar-refractivity contribution in [3.8, 4) is 0 Å². The summed E-state index contributed by atoms with van der Waals surface area (Å²) in [5, 5.41) is 3.15. The van der Waals surface area contributed by atoms with Crippen LogP contribution in [0, 0.1) is 0 Å². The Morgan fingerprint density at radius 2 is 1.63 bits per heavy atom. The van der Waals surface area contributed by atoms with Crippen LogP contribution in [0.1, 0.15) is 52.9 Å². The van der Waals surface area contributed by atoms with Crippen molar-refractivity contribution < 1.29 is 9.59 Å². The first-order valence-electron chi connectivity index (χ1n) is 11.1. The molecule has 158 valence electrons. The number of carbonyl (C=O) groups excluding carboxylic acids is 2. The lowest BCUT2D eigenvalue weighted by atomic mass is 9.89. The van der Waals surface area contributed by atoms with Gasteiger partial charge in [0.15, 0.2) is 0 Å². The van der Waals surface area contributed by atoms with Crippen molar-refractivity contribution in [2.75, 3.05) is 32.7 Å². The van der Waals surface area contributed by atoms with Crippen LogP contribution >= 0.6 is 0 Å². The Hall–Kier alpha value is -2.66. The Morgan fingerprint density at radius 1 is 0.933 bits per heavy atom. The smallest absolute Gasteiger partial charge is 0.253 e. The summed E-state index contributed by atoms with van der Waals surface area (Å²) in [6.45, 7) is 5.18. The van der Waals surface area contributed by atoms with Crippen molar-refractivity contribution in [2.45, 2.75) is 38.6 Å². The predicted molar refractivity (Wildman–Crippen MR) is 118 cm³/mol. The SMILES string of the molecule is C[C@H](NC(=O)CN1CCN(C(=O)c2ccccc2)CC1)c1ccc2c(c1)CCCC2. The summed E-state index contributed by atoms with van der Waals surface area (Å²) < 4.78 is 0. The van der Waals surface area contributed by atoms with Gasteiger partial charge in [0.25, 0.3) is 5.91 Å². The van der Waals surface area contributed by atoms with E-state index < -0.39 is 0 Å². The standard InChI is InChI=1S/C25H31N3O2/c1-19(22-12-11-20-7-5-6-10-23(20)17-22)26-24(29)18-27-13-15-28(16-14-27)25(30)21-8-3-2-4-9-21/h2-4,8-9,11-12,17,19H,5-7,10,13-16,18H2,1H3,(H,26,29)/t19-/m0/s1. The Kier molecular flexibility index (Phi) is 6.48. The normalized spacial score (nSPS) is 17.8. The van der Waals surface area contributed by atoms with Crippen LogP contribution in [-0.4, -0.2) is 54.3 Å². The minimum atomic E-state index is 0.00525. The number of hydrogen-bond acceptors (Lipinski definition) is 3. The monoisotopic (exact) mass is 405 g/mol. The fourth-order valence-electron chi connectivity index (χ4n) is 4.47. The molecule has 0 radical (unpaired) electrons.